The Hall–Kier alpha value is 1.62. The maximum absolute atomic E-state index is 8.52. The molecule has 0 N–H and O–H groups in total. The van der Waals surface area contributed by atoms with Gasteiger partial charge in [0, 0.05) is 9.17 Å². The van der Waals surface area contributed by atoms with Gasteiger partial charge in [-0.25, -0.2) is 0 Å². The van der Waals surface area contributed by atoms with Crippen LogP contribution in [-0.2, 0) is 4.46 Å². The second-order valence-electron chi connectivity index (χ2n) is 0.250. The van der Waals surface area contributed by atoms with E-state index < -0.39 is 9.17 Å². The molecule has 0 rings (SSSR count). The normalized spacial score (nSPS) is 3.00. The van der Waals surface area contributed by atoms with E-state index in [9.17, 15) is 0 Å². The second-order valence-corrected chi connectivity index (χ2v) is 0.750. The zero-order valence-electron chi connectivity index (χ0n) is 3.72. The van der Waals surface area contributed by atoms with Gasteiger partial charge in [-0.2, -0.15) is 0 Å². The van der Waals surface area contributed by atoms with Crippen molar-refractivity contribution in [1.82, 2.24) is 0 Å². The monoisotopic (exact) mass is 154 g/mol. The summed E-state index contributed by atoms with van der Waals surface area (Å²) in [6, 6.07) is 0. The fourth-order valence-corrected chi connectivity index (χ4v) is 0. The van der Waals surface area contributed by atoms with Gasteiger partial charge in [0.1, 0.15) is 0 Å². The number of hydrogen-bond acceptors (Lipinski definition) is 3. The summed E-state index contributed by atoms with van der Waals surface area (Å²) in [5.74, 6) is 0. The van der Waals surface area contributed by atoms with Gasteiger partial charge in [0.2, 0.25) is 0 Å². The van der Waals surface area contributed by atoms with Gasteiger partial charge in [-0.3, -0.25) is 0 Å². The number of hydrogen-bond donors (Lipinski definition) is 0. The molecule has 0 bridgehead atoms. The topological polar surface area (TPSA) is 63.2 Å². The Balaban J connectivity index is -0.00000000750. The molecule has 0 aliphatic heterocycles. The van der Waals surface area contributed by atoms with E-state index in [1.807, 2.05) is 0 Å². The molecule has 0 aliphatic rings. The Morgan fingerprint density at radius 1 is 1.00 bits per heavy atom. The van der Waals surface area contributed by atoms with Crippen LogP contribution in [0.5, 0.6) is 0 Å². The Bertz CT molecular complexity index is 38.3. The van der Waals surface area contributed by atoms with Gasteiger partial charge in [0.15, 0.2) is 0 Å². The molecule has 0 atom stereocenters. The minimum atomic E-state index is -3.63. The molecule has 0 aromatic heterocycles. The fourth-order valence-electron chi connectivity index (χ4n) is 0. The molecule has 3 nitrogen and oxygen atoms in total. The molecule has 0 aromatic rings. The average Bonchev–Trinajstić information content (AvgIpc) is 0.811. The van der Waals surface area contributed by atoms with E-state index >= 15 is 0 Å². The van der Waals surface area contributed by atoms with Crippen molar-refractivity contribution in [3.63, 3.8) is 0 Å². The standard InChI is InChI=1S/2CH4.2Na.O3Si/c;;;;1-4(2)3/h2*1H4;;;/q;;2*+1;-2. The molecule has 6 heteroatoms. The first-order valence-electron chi connectivity index (χ1n) is 0.612. The number of rotatable bonds is 0. The first-order valence-corrected chi connectivity index (χ1v) is 1.84. The predicted molar refractivity (Wildman–Crippen MR) is 19.9 cm³/mol. The van der Waals surface area contributed by atoms with Crippen LogP contribution in [0.4, 0.5) is 0 Å². The van der Waals surface area contributed by atoms with Crippen LogP contribution >= 0.6 is 0 Å². The minimum absolute atomic E-state index is 0. The second kappa shape index (κ2) is 23.5. The molecule has 40 valence electrons. The Kier molecular flexibility index (Phi) is 98.2. The zero-order valence-corrected chi connectivity index (χ0v) is 8.72. The van der Waals surface area contributed by atoms with Gasteiger partial charge < -0.3 is 14.1 Å². The molecule has 0 unspecified atom stereocenters. The summed E-state index contributed by atoms with van der Waals surface area (Å²) < 4.78 is 8.52. The summed E-state index contributed by atoms with van der Waals surface area (Å²) in [6.45, 7) is 0. The van der Waals surface area contributed by atoms with Gasteiger partial charge in [0.25, 0.3) is 0 Å². The molecule has 0 fully saturated rings. The predicted octanol–water partition coefficient (Wildman–Crippen LogP) is -7.60. The van der Waals surface area contributed by atoms with Gasteiger partial charge in [-0.15, -0.1) is 0 Å². The Morgan fingerprint density at radius 2 is 1.00 bits per heavy atom. The van der Waals surface area contributed by atoms with Crippen LogP contribution in [0.1, 0.15) is 14.9 Å². The van der Waals surface area contributed by atoms with E-state index in [-0.39, 0.29) is 74.0 Å². The SMILES string of the molecule is C.C.O=[Si]([O-])[O-].[Na+].[Na+]. The molecular weight excluding hydrogens is 146 g/mol. The minimum Gasteiger partial charge on any atom is -0.672 e. The molecule has 0 aliphatic carbocycles. The summed E-state index contributed by atoms with van der Waals surface area (Å²) >= 11 is 0. The van der Waals surface area contributed by atoms with E-state index in [0.717, 1.165) is 0 Å². The van der Waals surface area contributed by atoms with E-state index in [4.69, 9.17) is 14.1 Å². The van der Waals surface area contributed by atoms with Crippen LogP contribution in [0.15, 0.2) is 0 Å². The first kappa shape index (κ1) is 33.5. The van der Waals surface area contributed by atoms with Crippen LogP contribution in [0, 0.1) is 0 Å². The Labute approximate surface area is 96.0 Å². The van der Waals surface area contributed by atoms with Crippen molar-refractivity contribution < 1.29 is 73.2 Å². The van der Waals surface area contributed by atoms with E-state index in [2.05, 4.69) is 0 Å². The molecule has 0 heterocycles. The van der Waals surface area contributed by atoms with E-state index in [1.165, 1.54) is 0 Å². The first-order chi connectivity index (χ1) is 1.73. The van der Waals surface area contributed by atoms with Gasteiger partial charge in [-0.05, 0) is 0 Å². The molecule has 8 heavy (non-hydrogen) atoms. The third-order valence-electron chi connectivity index (χ3n) is 0. The molecule has 0 saturated carbocycles. The molecule has 0 saturated heterocycles. The van der Waals surface area contributed by atoms with Crippen molar-refractivity contribution in [2.24, 2.45) is 0 Å². The summed E-state index contributed by atoms with van der Waals surface area (Å²) in [5, 5.41) is 0. The van der Waals surface area contributed by atoms with Crippen LogP contribution in [0.25, 0.3) is 0 Å². The van der Waals surface area contributed by atoms with Gasteiger partial charge in [-0.1, -0.05) is 14.9 Å². The Morgan fingerprint density at radius 3 is 1.00 bits per heavy atom. The van der Waals surface area contributed by atoms with Crippen LogP contribution in [0.2, 0.25) is 0 Å². The summed E-state index contributed by atoms with van der Waals surface area (Å²) in [5.41, 5.74) is 0. The fraction of sp³-hybridized carbons (Fsp3) is 1.00. The third-order valence-corrected chi connectivity index (χ3v) is 0. The quantitative estimate of drug-likeness (QED) is 0.326. The third kappa shape index (κ3) is 128. The molecular formula is C2H8Na2O3Si. The van der Waals surface area contributed by atoms with Crippen LogP contribution in [-0.4, -0.2) is 9.17 Å². The molecule has 0 radical (unpaired) electrons. The van der Waals surface area contributed by atoms with Crippen molar-refractivity contribution >= 4 is 9.17 Å². The van der Waals surface area contributed by atoms with Crippen molar-refractivity contribution in [3.05, 3.63) is 0 Å². The van der Waals surface area contributed by atoms with Gasteiger partial charge in [0.05, 0.1) is 0 Å². The van der Waals surface area contributed by atoms with Crippen molar-refractivity contribution in [1.29, 1.82) is 0 Å². The summed E-state index contributed by atoms with van der Waals surface area (Å²) in [7, 11) is -3.63. The van der Waals surface area contributed by atoms with Crippen molar-refractivity contribution in [2.45, 2.75) is 14.9 Å². The van der Waals surface area contributed by atoms with Crippen molar-refractivity contribution in [2.75, 3.05) is 0 Å². The summed E-state index contributed by atoms with van der Waals surface area (Å²) in [4.78, 5) is 17.0. The van der Waals surface area contributed by atoms with E-state index in [1.54, 1.807) is 0 Å². The molecule has 0 amide bonds. The smallest absolute Gasteiger partial charge is 0.672 e. The maximum atomic E-state index is 8.52. The largest absolute Gasteiger partial charge is 1.00 e. The maximum Gasteiger partial charge on any atom is 1.00 e. The molecule has 0 spiro atoms. The zero-order chi connectivity index (χ0) is 3.58. The summed E-state index contributed by atoms with van der Waals surface area (Å²) in [6.07, 6.45) is 0. The van der Waals surface area contributed by atoms with Crippen LogP contribution < -0.4 is 68.7 Å². The van der Waals surface area contributed by atoms with Crippen LogP contribution in [0.3, 0.4) is 0 Å². The van der Waals surface area contributed by atoms with E-state index in [0.29, 0.717) is 0 Å². The average molecular weight is 154 g/mol. The molecule has 0 aromatic carbocycles. The van der Waals surface area contributed by atoms with Gasteiger partial charge >= 0.3 is 59.1 Å². The van der Waals surface area contributed by atoms with Crippen molar-refractivity contribution in [3.8, 4) is 0 Å².